The Labute approximate surface area is 358 Å². The largest absolute Gasteiger partial charge is 0.468 e. The summed E-state index contributed by atoms with van der Waals surface area (Å²) in [5.74, 6) is -4.11. The van der Waals surface area contributed by atoms with Crippen molar-refractivity contribution in [2.45, 2.75) is 90.0 Å². The standard InChI is InChI=1S/C49H50F3NO9/c1-5-30(2)40-42(43(59-45(55)36-20-11-7-12-21-36)47(60-40)62-48(49(50,51)52)53-38-23-13-8-14-24-38)61-46-32(4)41(56-28-33-25-26-34-17-15-16-22-37(34)27-33)31(3)39(58-46)29-57-44(54)35-18-9-6-10-19-35/h6-27,30-32,39-43,46-47H,5,28-29H2,1-4H3/t30-,31?,32?,39?,40?,41?,42?,43?,46?,47?/m1/s1. The first-order valence-corrected chi connectivity index (χ1v) is 20.8. The van der Waals surface area contributed by atoms with Crippen molar-refractivity contribution in [3.63, 3.8) is 0 Å². The minimum absolute atomic E-state index is 0.00535. The summed E-state index contributed by atoms with van der Waals surface area (Å²) in [6, 6.07) is 38.3. The number of fused-ring (bicyclic) bond motifs is 1. The molecular weight excluding hydrogens is 804 g/mol. The van der Waals surface area contributed by atoms with E-state index in [0.29, 0.717) is 12.0 Å². The van der Waals surface area contributed by atoms with Gasteiger partial charge in [0.05, 0.1) is 41.7 Å². The molecule has 0 aliphatic carbocycles. The summed E-state index contributed by atoms with van der Waals surface area (Å²) in [4.78, 5) is 30.7. The highest BCUT2D eigenvalue weighted by molar-refractivity contribution is 5.90. The van der Waals surface area contributed by atoms with Gasteiger partial charge in [0, 0.05) is 11.8 Å². The van der Waals surface area contributed by atoms with Gasteiger partial charge in [0.15, 0.2) is 12.4 Å². The number of ether oxygens (including phenoxy) is 7. The number of nitrogens with zero attached hydrogens (tertiary/aromatic N) is 1. The predicted molar refractivity (Wildman–Crippen MR) is 226 cm³/mol. The Morgan fingerprint density at radius 2 is 1.31 bits per heavy atom. The Hall–Kier alpha value is -5.60. The van der Waals surface area contributed by atoms with Crippen LogP contribution < -0.4 is 0 Å². The van der Waals surface area contributed by atoms with Gasteiger partial charge in [0.1, 0.15) is 12.7 Å². The summed E-state index contributed by atoms with van der Waals surface area (Å²) in [5, 5.41) is 2.15. The zero-order chi connectivity index (χ0) is 43.8. The van der Waals surface area contributed by atoms with Gasteiger partial charge in [-0.25, -0.2) is 14.6 Å². The monoisotopic (exact) mass is 853 g/mol. The number of carbonyl (C=O) groups excluding carboxylic acids is 2. The smallest absolute Gasteiger partial charge is 0.459 e. The topological polar surface area (TPSA) is 111 Å². The van der Waals surface area contributed by atoms with E-state index in [2.05, 4.69) is 11.1 Å². The fourth-order valence-corrected chi connectivity index (χ4v) is 7.77. The number of para-hydroxylation sites is 1. The van der Waals surface area contributed by atoms with Gasteiger partial charge in [0.25, 0.3) is 5.90 Å². The highest BCUT2D eigenvalue weighted by Gasteiger charge is 2.56. The summed E-state index contributed by atoms with van der Waals surface area (Å²) >= 11 is 0. The fraction of sp³-hybridized carbons (Fsp3) is 0.367. The summed E-state index contributed by atoms with van der Waals surface area (Å²) in [6.45, 7) is 7.67. The fourth-order valence-electron chi connectivity index (χ4n) is 7.77. The Morgan fingerprint density at radius 1 is 0.694 bits per heavy atom. The number of aliphatic imine (C=N–C) groups is 1. The number of rotatable bonds is 14. The molecule has 5 aromatic carbocycles. The van der Waals surface area contributed by atoms with Crippen LogP contribution in [0, 0.1) is 17.8 Å². The molecule has 2 aliphatic heterocycles. The van der Waals surface area contributed by atoms with Crippen LogP contribution in [0.1, 0.15) is 60.4 Å². The molecule has 2 fully saturated rings. The molecule has 0 spiro atoms. The van der Waals surface area contributed by atoms with Gasteiger partial charge < -0.3 is 33.2 Å². The summed E-state index contributed by atoms with van der Waals surface area (Å²) in [5.41, 5.74) is 1.45. The number of alkyl halides is 3. The van der Waals surface area contributed by atoms with Gasteiger partial charge >= 0.3 is 18.1 Å². The molecule has 0 bridgehead atoms. The van der Waals surface area contributed by atoms with E-state index < -0.39 is 73.0 Å². The number of benzene rings is 5. The van der Waals surface area contributed by atoms with E-state index in [9.17, 15) is 22.8 Å². The maximum absolute atomic E-state index is 14.7. The minimum atomic E-state index is -5.05. The van der Waals surface area contributed by atoms with Gasteiger partial charge in [-0.3, -0.25) is 0 Å². The van der Waals surface area contributed by atoms with Crippen LogP contribution in [0.2, 0.25) is 0 Å². The minimum Gasteiger partial charge on any atom is -0.459 e. The molecule has 0 amide bonds. The lowest BCUT2D eigenvalue weighted by molar-refractivity contribution is -0.297. The second-order valence-corrected chi connectivity index (χ2v) is 15.7. The first-order chi connectivity index (χ1) is 29.9. The number of carbonyl (C=O) groups is 2. The van der Waals surface area contributed by atoms with Crippen LogP contribution >= 0.6 is 0 Å². The van der Waals surface area contributed by atoms with Crippen molar-refractivity contribution in [3.05, 3.63) is 150 Å². The van der Waals surface area contributed by atoms with Gasteiger partial charge in [-0.15, -0.1) is 0 Å². The molecule has 326 valence electrons. The van der Waals surface area contributed by atoms with Crippen molar-refractivity contribution < 1.29 is 55.9 Å². The third-order valence-corrected chi connectivity index (χ3v) is 11.4. The summed E-state index contributed by atoms with van der Waals surface area (Å²) in [6.07, 6.45) is -12.4. The molecular formula is C49H50F3NO9. The molecule has 62 heavy (non-hydrogen) atoms. The van der Waals surface area contributed by atoms with E-state index in [-0.39, 0.29) is 36.3 Å². The first-order valence-electron chi connectivity index (χ1n) is 20.8. The van der Waals surface area contributed by atoms with Crippen molar-refractivity contribution in [2.75, 3.05) is 6.61 Å². The number of hydrogen-bond donors (Lipinski definition) is 0. The molecule has 2 heterocycles. The highest BCUT2D eigenvalue weighted by atomic mass is 19.4. The van der Waals surface area contributed by atoms with Crippen LogP contribution in [-0.4, -0.2) is 73.7 Å². The van der Waals surface area contributed by atoms with Gasteiger partial charge in [-0.2, -0.15) is 13.2 Å². The molecule has 0 N–H and O–H groups in total. The zero-order valence-corrected chi connectivity index (χ0v) is 34.9. The van der Waals surface area contributed by atoms with Crippen molar-refractivity contribution in [1.29, 1.82) is 0 Å². The average Bonchev–Trinajstić information content (AvgIpc) is 3.61. The SMILES string of the molecule is CC[C@@H](C)C1OC(OC(=Nc2ccccc2)C(F)(F)F)C(OC(=O)c2ccccc2)C1OC1OC(COC(=O)c2ccccc2)C(C)C(OCc2ccc3ccccc3c2)C1C. The Bertz CT molecular complexity index is 2280. The molecule has 0 aromatic heterocycles. The molecule has 7 rings (SSSR count). The number of esters is 2. The Kier molecular flexibility index (Phi) is 14.4. The number of halogens is 3. The maximum Gasteiger partial charge on any atom is 0.468 e. The quantitative estimate of drug-likeness (QED) is 0.0612. The second kappa shape index (κ2) is 20.1. The van der Waals surface area contributed by atoms with E-state index >= 15 is 0 Å². The van der Waals surface area contributed by atoms with Crippen LogP contribution in [0.4, 0.5) is 18.9 Å². The van der Waals surface area contributed by atoms with Crippen molar-refractivity contribution in [1.82, 2.24) is 0 Å². The maximum atomic E-state index is 14.7. The van der Waals surface area contributed by atoms with E-state index in [1.54, 1.807) is 66.7 Å². The molecule has 9 unspecified atom stereocenters. The second-order valence-electron chi connectivity index (χ2n) is 15.7. The normalized spacial score (nSPS) is 25.9. The molecule has 13 heteroatoms. The summed E-state index contributed by atoms with van der Waals surface area (Å²) in [7, 11) is 0. The van der Waals surface area contributed by atoms with Crippen molar-refractivity contribution >= 4 is 34.3 Å². The van der Waals surface area contributed by atoms with E-state index in [1.165, 1.54) is 24.3 Å². The predicted octanol–water partition coefficient (Wildman–Crippen LogP) is 10.3. The molecule has 10 atom stereocenters. The van der Waals surface area contributed by atoms with Gasteiger partial charge in [-0.1, -0.05) is 125 Å². The molecule has 0 radical (unpaired) electrons. The van der Waals surface area contributed by atoms with Crippen LogP contribution in [0.15, 0.2) is 138 Å². The Morgan fingerprint density at radius 3 is 1.95 bits per heavy atom. The lowest BCUT2D eigenvalue weighted by atomic mass is 9.85. The van der Waals surface area contributed by atoms with Crippen LogP contribution in [0.5, 0.6) is 0 Å². The molecule has 2 aliphatic rings. The lowest BCUT2D eigenvalue weighted by Crippen LogP contribution is -2.55. The molecule has 5 aromatic rings. The van der Waals surface area contributed by atoms with E-state index in [1.807, 2.05) is 64.1 Å². The molecule has 2 saturated heterocycles. The van der Waals surface area contributed by atoms with Crippen LogP contribution in [-0.2, 0) is 39.8 Å². The third-order valence-electron chi connectivity index (χ3n) is 11.4. The first kappa shape index (κ1) is 44.5. The lowest BCUT2D eigenvalue weighted by Gasteiger charge is -2.45. The zero-order valence-electron chi connectivity index (χ0n) is 34.9. The van der Waals surface area contributed by atoms with Gasteiger partial charge in [0.2, 0.25) is 6.29 Å². The van der Waals surface area contributed by atoms with Gasteiger partial charge in [-0.05, 0) is 64.7 Å². The van der Waals surface area contributed by atoms with E-state index in [4.69, 9.17) is 33.2 Å². The summed E-state index contributed by atoms with van der Waals surface area (Å²) < 4.78 is 87.9. The van der Waals surface area contributed by atoms with E-state index in [0.717, 1.165) is 16.3 Å². The average molecular weight is 854 g/mol. The third kappa shape index (κ3) is 10.7. The van der Waals surface area contributed by atoms with Crippen LogP contribution in [0.25, 0.3) is 10.8 Å². The molecule has 0 saturated carbocycles. The van der Waals surface area contributed by atoms with Crippen molar-refractivity contribution in [3.8, 4) is 0 Å². The van der Waals surface area contributed by atoms with Crippen molar-refractivity contribution in [2.24, 2.45) is 22.7 Å². The Balaban J connectivity index is 1.21. The number of hydrogen-bond acceptors (Lipinski definition) is 10. The van der Waals surface area contributed by atoms with Crippen LogP contribution in [0.3, 0.4) is 0 Å². The highest BCUT2D eigenvalue weighted by Crippen LogP contribution is 2.40. The molecule has 10 nitrogen and oxygen atoms in total.